The van der Waals surface area contributed by atoms with Gasteiger partial charge in [-0.05, 0) is 111 Å². The third-order valence-electron chi connectivity index (χ3n) is 10.0. The van der Waals surface area contributed by atoms with E-state index >= 15 is 0 Å². The topological polar surface area (TPSA) is 89.7 Å². The predicted molar refractivity (Wildman–Crippen MR) is 191 cm³/mol. The fourth-order valence-corrected chi connectivity index (χ4v) is 8.97. The minimum Gasteiger partial charge on any atom is -0.460 e. The molecule has 3 aliphatic rings. The molecule has 256 valence electrons. The van der Waals surface area contributed by atoms with Crippen molar-refractivity contribution in [3.05, 3.63) is 77.4 Å². The van der Waals surface area contributed by atoms with Gasteiger partial charge in [0, 0.05) is 31.1 Å². The average Bonchev–Trinajstić information content (AvgIpc) is 3.07. The molecule has 6 atom stereocenters. The summed E-state index contributed by atoms with van der Waals surface area (Å²) in [6.07, 6.45) is 10.2. The fourth-order valence-electron chi connectivity index (χ4n) is 7.80. The molecule has 2 aliphatic carbocycles. The van der Waals surface area contributed by atoms with Crippen LogP contribution in [0.3, 0.4) is 0 Å². The zero-order chi connectivity index (χ0) is 33.4. The number of thioether (sulfide) groups is 1. The lowest BCUT2D eigenvalue weighted by molar-refractivity contribution is -0.223. The van der Waals surface area contributed by atoms with Gasteiger partial charge in [-0.3, -0.25) is 0 Å². The van der Waals surface area contributed by atoms with Crippen molar-refractivity contribution >= 4 is 17.5 Å². The van der Waals surface area contributed by atoms with Crippen LogP contribution in [0.15, 0.2) is 65.9 Å². The van der Waals surface area contributed by atoms with Gasteiger partial charge in [0.2, 0.25) is 5.79 Å². The van der Waals surface area contributed by atoms with Crippen LogP contribution in [0.5, 0.6) is 17.2 Å². The molecule has 0 bridgehead atoms. The van der Waals surface area contributed by atoms with Crippen LogP contribution in [0.4, 0.5) is 0 Å². The monoisotopic (exact) mass is 663 g/mol. The Bertz CT molecular complexity index is 1420. The zero-order valence-electron chi connectivity index (χ0n) is 28.6. The van der Waals surface area contributed by atoms with Crippen molar-refractivity contribution in [3.63, 3.8) is 0 Å². The maximum atomic E-state index is 9.78. The lowest BCUT2D eigenvalue weighted by Crippen LogP contribution is -2.64. The van der Waals surface area contributed by atoms with Gasteiger partial charge in [-0.2, -0.15) is 11.8 Å². The standard InChI is InChI=1S/C39H53NO6S/c1-6-21-43-39-36(47-8-3)25-34(40-44-7-2)32-23-28(13-9-11-19-41)31(14-10-12-20-42)37(38(32)39)33-24-30(17-18-35(33)46-39)45-29-16-15-26(4)27(5)22-29/h6,15-18,22-24,28,31,36-38,41-42H,1,7-14,19-21,25H2,2-5H3/t28-,31+,36-,37+,38+,39+/m0/s1. The highest BCUT2D eigenvalue weighted by Gasteiger charge is 2.63. The zero-order valence-corrected chi connectivity index (χ0v) is 29.4. The second kappa shape index (κ2) is 16.6. The van der Waals surface area contributed by atoms with Crippen LogP contribution in [0.2, 0.25) is 0 Å². The van der Waals surface area contributed by atoms with Crippen LogP contribution in [0.1, 0.15) is 81.4 Å². The number of nitrogens with zero attached hydrogens (tertiary/aromatic N) is 1. The Balaban J connectivity index is 1.70. The summed E-state index contributed by atoms with van der Waals surface area (Å²) < 4.78 is 20.6. The second-order valence-corrected chi connectivity index (χ2v) is 14.4. The summed E-state index contributed by atoms with van der Waals surface area (Å²) >= 11 is 1.85. The van der Waals surface area contributed by atoms with E-state index in [0.29, 0.717) is 19.6 Å². The first-order chi connectivity index (χ1) is 22.9. The van der Waals surface area contributed by atoms with E-state index in [1.54, 1.807) is 0 Å². The number of oxime groups is 1. The third-order valence-corrected chi connectivity index (χ3v) is 11.2. The molecule has 0 radical (unpaired) electrons. The molecule has 0 amide bonds. The molecule has 1 aliphatic heterocycles. The Morgan fingerprint density at radius 2 is 1.74 bits per heavy atom. The highest BCUT2D eigenvalue weighted by Crippen LogP contribution is 2.62. The van der Waals surface area contributed by atoms with Gasteiger partial charge in [-0.15, -0.1) is 6.58 Å². The van der Waals surface area contributed by atoms with Gasteiger partial charge in [-0.25, -0.2) is 0 Å². The lowest BCUT2D eigenvalue weighted by Gasteiger charge is -2.58. The molecule has 2 N–H and O–H groups in total. The number of aliphatic hydroxyl groups is 2. The summed E-state index contributed by atoms with van der Waals surface area (Å²) in [6, 6.07) is 12.4. The largest absolute Gasteiger partial charge is 0.460 e. The molecule has 0 unspecified atom stereocenters. The molecule has 5 rings (SSSR count). The van der Waals surface area contributed by atoms with E-state index < -0.39 is 5.79 Å². The molecule has 2 aromatic carbocycles. The number of allylic oxidation sites excluding steroid dienone is 1. The molecule has 7 nitrogen and oxygen atoms in total. The summed E-state index contributed by atoms with van der Waals surface area (Å²) in [6.45, 7) is 13.6. The van der Waals surface area contributed by atoms with Crippen molar-refractivity contribution in [2.24, 2.45) is 22.9 Å². The van der Waals surface area contributed by atoms with Gasteiger partial charge < -0.3 is 29.3 Å². The van der Waals surface area contributed by atoms with Crippen LogP contribution in [-0.4, -0.2) is 59.1 Å². The number of unbranched alkanes of at least 4 members (excludes halogenated alkanes) is 2. The van der Waals surface area contributed by atoms with E-state index in [-0.39, 0.29) is 42.1 Å². The van der Waals surface area contributed by atoms with Crippen molar-refractivity contribution < 1.29 is 29.3 Å². The van der Waals surface area contributed by atoms with E-state index in [1.807, 2.05) is 36.9 Å². The van der Waals surface area contributed by atoms with Gasteiger partial charge in [0.25, 0.3) is 0 Å². The summed E-state index contributed by atoms with van der Waals surface area (Å²) in [5.74, 6) is 2.84. The number of ether oxygens (including phenoxy) is 3. The van der Waals surface area contributed by atoms with Gasteiger partial charge in [0.05, 0.1) is 23.5 Å². The third kappa shape index (κ3) is 7.61. The van der Waals surface area contributed by atoms with Crippen molar-refractivity contribution in [3.8, 4) is 17.2 Å². The summed E-state index contributed by atoms with van der Waals surface area (Å²) in [7, 11) is 0. The van der Waals surface area contributed by atoms with Crippen LogP contribution < -0.4 is 9.47 Å². The summed E-state index contributed by atoms with van der Waals surface area (Å²) in [5.41, 5.74) is 5.67. The van der Waals surface area contributed by atoms with Crippen molar-refractivity contribution in [1.29, 1.82) is 0 Å². The lowest BCUT2D eigenvalue weighted by atomic mass is 9.56. The Morgan fingerprint density at radius 1 is 1.00 bits per heavy atom. The SMILES string of the molecule is C=CCO[C@@]12Oc3ccc(Oc4ccc(C)c(C)c4)cc3[C@H]3[C@H](CCCCO)[C@@H](CCCCO)C=C(C(=NOCC)C[C@@H]1SCC)[C@H]32. The van der Waals surface area contributed by atoms with E-state index in [9.17, 15) is 10.2 Å². The Hall–Kier alpha value is -2.78. The average molecular weight is 664 g/mol. The van der Waals surface area contributed by atoms with Crippen molar-refractivity contribution in [1.82, 2.24) is 0 Å². The highest BCUT2D eigenvalue weighted by atomic mass is 32.2. The Morgan fingerprint density at radius 3 is 2.45 bits per heavy atom. The van der Waals surface area contributed by atoms with Gasteiger partial charge in [0.1, 0.15) is 23.9 Å². The molecule has 1 heterocycles. The van der Waals surface area contributed by atoms with E-state index in [1.165, 1.54) is 11.1 Å². The first-order valence-electron chi connectivity index (χ1n) is 17.5. The molecule has 1 saturated carbocycles. The molecular formula is C39H53NO6S. The minimum absolute atomic E-state index is 0.0139. The number of fused-ring (bicyclic) bond motifs is 2. The number of hydrogen-bond acceptors (Lipinski definition) is 8. The smallest absolute Gasteiger partial charge is 0.230 e. The van der Waals surface area contributed by atoms with Crippen molar-refractivity contribution in [2.75, 3.05) is 32.2 Å². The second-order valence-electron chi connectivity index (χ2n) is 13.0. The van der Waals surface area contributed by atoms with Crippen LogP contribution in [0, 0.1) is 31.6 Å². The number of aryl methyl sites for hydroxylation is 2. The highest BCUT2D eigenvalue weighted by molar-refractivity contribution is 8.00. The number of benzene rings is 2. The summed E-state index contributed by atoms with van der Waals surface area (Å²) in [5, 5.41) is 24.2. The quantitative estimate of drug-likeness (QED) is 0.0997. The van der Waals surface area contributed by atoms with Crippen molar-refractivity contribution in [2.45, 2.75) is 89.6 Å². The molecular weight excluding hydrogens is 610 g/mol. The fraction of sp³-hybridized carbons (Fsp3) is 0.564. The number of hydrogen-bond donors (Lipinski definition) is 2. The molecule has 0 saturated heterocycles. The number of aliphatic hydroxyl groups excluding tert-OH is 2. The predicted octanol–water partition coefficient (Wildman–Crippen LogP) is 8.50. The van der Waals surface area contributed by atoms with Gasteiger partial charge in [-0.1, -0.05) is 43.1 Å². The molecule has 8 heteroatoms. The molecule has 47 heavy (non-hydrogen) atoms. The van der Waals surface area contributed by atoms with Crippen LogP contribution in [0.25, 0.3) is 0 Å². The molecule has 0 aromatic heterocycles. The maximum absolute atomic E-state index is 9.78. The van der Waals surface area contributed by atoms with Gasteiger partial charge >= 0.3 is 0 Å². The number of rotatable bonds is 17. The Kier molecular flexibility index (Phi) is 12.5. The Labute approximate surface area is 285 Å². The molecule has 2 aromatic rings. The van der Waals surface area contributed by atoms with E-state index in [0.717, 1.165) is 78.4 Å². The van der Waals surface area contributed by atoms with Gasteiger partial charge in [0.15, 0.2) is 0 Å². The maximum Gasteiger partial charge on any atom is 0.230 e. The van der Waals surface area contributed by atoms with E-state index in [4.69, 9.17) is 24.2 Å². The van der Waals surface area contributed by atoms with E-state index in [2.05, 4.69) is 57.7 Å². The molecule has 0 spiro atoms. The van der Waals surface area contributed by atoms with Crippen LogP contribution in [-0.2, 0) is 9.57 Å². The normalized spacial score (nSPS) is 27.0. The van der Waals surface area contributed by atoms with Crippen LogP contribution >= 0.6 is 11.8 Å². The summed E-state index contributed by atoms with van der Waals surface area (Å²) in [4.78, 5) is 5.76. The minimum atomic E-state index is -0.925. The molecule has 1 fully saturated rings. The first kappa shape index (κ1) is 35.5. The first-order valence-corrected chi connectivity index (χ1v) is 18.5.